The third-order valence-corrected chi connectivity index (χ3v) is 3.92. The molecule has 1 rings (SSSR count). The molecule has 0 aromatic carbocycles. The van der Waals surface area contributed by atoms with Crippen LogP contribution in [-0.2, 0) is 10.2 Å². The maximum Gasteiger partial charge on any atom is 0.402 e. The molecule has 0 radical (unpaired) electrons. The summed E-state index contributed by atoms with van der Waals surface area (Å²) in [6.45, 7) is 2.47. The highest BCUT2D eigenvalue weighted by atomic mass is 32.2. The van der Waals surface area contributed by atoms with Crippen molar-refractivity contribution in [3.63, 3.8) is 0 Å². The van der Waals surface area contributed by atoms with Crippen LogP contribution in [0.25, 0.3) is 0 Å². The van der Waals surface area contributed by atoms with E-state index in [0.29, 0.717) is 12.8 Å². The first-order chi connectivity index (χ1) is 7.49. The van der Waals surface area contributed by atoms with E-state index in [2.05, 4.69) is 4.72 Å². The third-order valence-electron chi connectivity index (χ3n) is 2.75. The Bertz CT molecular complexity index is 365. The molecule has 1 fully saturated rings. The lowest BCUT2D eigenvalue weighted by atomic mass is 9.92. The van der Waals surface area contributed by atoms with Crippen molar-refractivity contribution >= 4 is 10.2 Å². The van der Waals surface area contributed by atoms with E-state index in [9.17, 15) is 21.6 Å². The number of nitrogens with one attached hydrogen (secondary N) is 2. The van der Waals surface area contributed by atoms with Crippen LogP contribution in [-0.4, -0.2) is 27.2 Å². The van der Waals surface area contributed by atoms with Crippen LogP contribution < -0.4 is 9.44 Å². The molecule has 8 heteroatoms. The molecule has 1 unspecified atom stereocenters. The lowest BCUT2D eigenvalue weighted by molar-refractivity contribution is -0.121. The maximum absolute atomic E-state index is 11.9. The van der Waals surface area contributed by atoms with Crippen LogP contribution in [0.2, 0.25) is 0 Å². The topological polar surface area (TPSA) is 58.2 Å². The Morgan fingerprint density at radius 3 is 2.35 bits per heavy atom. The molecule has 0 aliphatic heterocycles. The summed E-state index contributed by atoms with van der Waals surface area (Å²) in [5.41, 5.74) is 0.0389. The molecular formula is C9H17F3N2O2S. The Morgan fingerprint density at radius 1 is 1.35 bits per heavy atom. The second-order valence-electron chi connectivity index (χ2n) is 5.16. The minimum Gasteiger partial charge on any atom is -0.199 e. The average Bonchev–Trinajstić information content (AvgIpc) is 2.40. The van der Waals surface area contributed by atoms with Crippen molar-refractivity contribution in [3.05, 3.63) is 0 Å². The van der Waals surface area contributed by atoms with Crippen LogP contribution in [0.3, 0.4) is 0 Å². The van der Waals surface area contributed by atoms with Gasteiger partial charge in [0.05, 0.1) is 0 Å². The average molecular weight is 274 g/mol. The zero-order valence-electron chi connectivity index (χ0n) is 9.76. The van der Waals surface area contributed by atoms with Crippen molar-refractivity contribution in [2.24, 2.45) is 5.41 Å². The molecule has 1 aliphatic carbocycles. The highest BCUT2D eigenvalue weighted by molar-refractivity contribution is 7.87. The van der Waals surface area contributed by atoms with Crippen LogP contribution in [0.5, 0.6) is 0 Å². The Kier molecular flexibility index (Phi) is 4.10. The Morgan fingerprint density at radius 2 is 1.94 bits per heavy atom. The van der Waals surface area contributed by atoms with Crippen molar-refractivity contribution in [2.45, 2.75) is 45.3 Å². The van der Waals surface area contributed by atoms with E-state index in [1.54, 1.807) is 0 Å². The predicted molar refractivity (Wildman–Crippen MR) is 57.5 cm³/mol. The number of hydrogen-bond donors (Lipinski definition) is 2. The summed E-state index contributed by atoms with van der Waals surface area (Å²) in [7, 11) is -4.07. The molecule has 17 heavy (non-hydrogen) atoms. The van der Waals surface area contributed by atoms with E-state index in [0.717, 1.165) is 6.42 Å². The molecule has 1 aliphatic rings. The van der Waals surface area contributed by atoms with E-state index < -0.39 is 22.9 Å². The molecule has 0 bridgehead atoms. The van der Waals surface area contributed by atoms with Crippen LogP contribution in [0.4, 0.5) is 13.2 Å². The molecule has 0 saturated heterocycles. The van der Waals surface area contributed by atoms with Gasteiger partial charge in [-0.15, -0.1) is 0 Å². The minimum atomic E-state index is -4.54. The van der Waals surface area contributed by atoms with Gasteiger partial charge < -0.3 is 0 Å². The van der Waals surface area contributed by atoms with Gasteiger partial charge in [0.2, 0.25) is 0 Å². The Hall–Kier alpha value is -0.340. The standard InChI is InChI=1S/C9H17F3N2O2S/c1-8(2)4-3-7(5-8)14-17(15,16)13-6-9(10,11)12/h7,13-14H,3-6H2,1-2H3. The predicted octanol–water partition coefficient (Wildman–Crippen LogP) is 1.55. The van der Waals surface area contributed by atoms with E-state index >= 15 is 0 Å². The zero-order chi connectivity index (χ0) is 13.3. The molecule has 2 N–H and O–H groups in total. The third kappa shape index (κ3) is 5.69. The fourth-order valence-electron chi connectivity index (χ4n) is 1.97. The SMILES string of the molecule is CC1(C)CCC(NS(=O)(=O)NCC(F)(F)F)C1. The van der Waals surface area contributed by atoms with Gasteiger partial charge in [0.1, 0.15) is 6.54 Å². The van der Waals surface area contributed by atoms with Gasteiger partial charge in [-0.25, -0.2) is 0 Å². The lowest BCUT2D eigenvalue weighted by Crippen LogP contribution is -2.45. The largest absolute Gasteiger partial charge is 0.402 e. The normalized spacial score (nSPS) is 25.1. The molecule has 102 valence electrons. The summed E-state index contributed by atoms with van der Waals surface area (Å²) in [6, 6.07) is -0.282. The summed E-state index contributed by atoms with van der Waals surface area (Å²) in [6.07, 6.45) is -2.39. The van der Waals surface area contributed by atoms with Crippen LogP contribution in [0, 0.1) is 5.41 Å². The van der Waals surface area contributed by atoms with Crippen molar-refractivity contribution in [2.75, 3.05) is 6.54 Å². The van der Waals surface area contributed by atoms with E-state index in [1.165, 1.54) is 4.72 Å². The van der Waals surface area contributed by atoms with Gasteiger partial charge in [-0.05, 0) is 24.7 Å². The monoisotopic (exact) mass is 274 g/mol. The molecule has 1 atom stereocenters. The molecule has 0 heterocycles. The molecule has 0 amide bonds. The second kappa shape index (κ2) is 4.74. The van der Waals surface area contributed by atoms with Crippen molar-refractivity contribution in [1.82, 2.24) is 9.44 Å². The first-order valence-electron chi connectivity index (χ1n) is 5.33. The minimum absolute atomic E-state index is 0.0389. The van der Waals surface area contributed by atoms with Gasteiger partial charge in [-0.3, -0.25) is 0 Å². The summed E-state index contributed by atoms with van der Waals surface area (Å²) < 4.78 is 62.0. The summed E-state index contributed by atoms with van der Waals surface area (Å²) in [5.74, 6) is 0. The zero-order valence-corrected chi connectivity index (χ0v) is 10.6. The first-order valence-corrected chi connectivity index (χ1v) is 6.81. The second-order valence-corrected chi connectivity index (χ2v) is 6.69. The Labute approximate surface area is 99.1 Å². The van der Waals surface area contributed by atoms with Gasteiger partial charge >= 0.3 is 6.18 Å². The molecule has 0 aromatic rings. The number of halogens is 3. The van der Waals surface area contributed by atoms with Crippen molar-refractivity contribution < 1.29 is 21.6 Å². The van der Waals surface area contributed by atoms with Crippen LogP contribution in [0.15, 0.2) is 0 Å². The first kappa shape index (κ1) is 14.7. The molecular weight excluding hydrogens is 257 g/mol. The molecule has 0 aromatic heterocycles. The summed E-state index contributed by atoms with van der Waals surface area (Å²) in [4.78, 5) is 0. The van der Waals surface area contributed by atoms with E-state index in [1.807, 2.05) is 13.8 Å². The van der Waals surface area contributed by atoms with Gasteiger partial charge in [-0.1, -0.05) is 13.8 Å². The fraction of sp³-hybridized carbons (Fsp3) is 1.00. The highest BCUT2D eigenvalue weighted by Crippen LogP contribution is 2.37. The summed E-state index contributed by atoms with van der Waals surface area (Å²) in [5, 5.41) is 0. The van der Waals surface area contributed by atoms with Gasteiger partial charge in [0, 0.05) is 6.04 Å². The quantitative estimate of drug-likeness (QED) is 0.817. The number of alkyl halides is 3. The lowest BCUT2D eigenvalue weighted by Gasteiger charge is -2.18. The number of hydrogen-bond acceptors (Lipinski definition) is 2. The maximum atomic E-state index is 11.9. The molecule has 4 nitrogen and oxygen atoms in total. The van der Waals surface area contributed by atoms with Crippen LogP contribution in [0.1, 0.15) is 33.1 Å². The van der Waals surface area contributed by atoms with Crippen molar-refractivity contribution in [3.8, 4) is 0 Å². The van der Waals surface area contributed by atoms with E-state index in [4.69, 9.17) is 0 Å². The van der Waals surface area contributed by atoms with Crippen molar-refractivity contribution in [1.29, 1.82) is 0 Å². The summed E-state index contributed by atoms with van der Waals surface area (Å²) >= 11 is 0. The van der Waals surface area contributed by atoms with Gasteiger partial charge in [0.15, 0.2) is 0 Å². The molecule has 0 spiro atoms. The molecule has 1 saturated carbocycles. The number of rotatable bonds is 4. The van der Waals surface area contributed by atoms with E-state index in [-0.39, 0.29) is 11.5 Å². The van der Waals surface area contributed by atoms with Gasteiger partial charge in [0.25, 0.3) is 10.2 Å². The highest BCUT2D eigenvalue weighted by Gasteiger charge is 2.34. The fourth-order valence-corrected chi connectivity index (χ4v) is 3.05. The smallest absolute Gasteiger partial charge is 0.199 e. The Balaban J connectivity index is 2.46. The van der Waals surface area contributed by atoms with Gasteiger partial charge in [-0.2, -0.15) is 31.0 Å². The van der Waals surface area contributed by atoms with Crippen LogP contribution >= 0.6 is 0 Å².